The molecule has 0 bridgehead atoms. The Kier molecular flexibility index (Phi) is 4.60. The topological polar surface area (TPSA) is 15.3 Å². The molecule has 94 valence electrons. The number of benzene rings is 1. The molecule has 1 N–H and O–H groups in total. The van der Waals surface area contributed by atoms with E-state index in [1.54, 1.807) is 0 Å². The maximum atomic E-state index is 3.58. The summed E-state index contributed by atoms with van der Waals surface area (Å²) in [5.74, 6) is 0.808. The maximum Gasteiger partial charge on any atom is 0.0231 e. The molecular weight excluding hydrogens is 276 g/mol. The quantitative estimate of drug-likeness (QED) is 0.919. The minimum Gasteiger partial charge on any atom is -0.312 e. The van der Waals surface area contributed by atoms with Crippen LogP contribution in [-0.4, -0.2) is 31.1 Å². The zero-order valence-corrected chi connectivity index (χ0v) is 12.2. The van der Waals surface area contributed by atoms with Crippen LogP contribution in [0.1, 0.15) is 18.9 Å². The van der Waals surface area contributed by atoms with E-state index in [0.29, 0.717) is 6.04 Å². The van der Waals surface area contributed by atoms with Crippen LogP contribution in [0.5, 0.6) is 0 Å². The predicted octanol–water partition coefficient (Wildman–Crippen LogP) is 2.88. The molecule has 1 heterocycles. The second-order valence-electron chi connectivity index (χ2n) is 5.15. The molecule has 0 amide bonds. The van der Waals surface area contributed by atoms with Crippen molar-refractivity contribution < 1.29 is 0 Å². The van der Waals surface area contributed by atoms with Crippen molar-refractivity contribution >= 4 is 15.9 Å². The average molecular weight is 297 g/mol. The van der Waals surface area contributed by atoms with Gasteiger partial charge in [-0.05, 0) is 43.6 Å². The predicted molar refractivity (Wildman–Crippen MR) is 76.0 cm³/mol. The summed E-state index contributed by atoms with van der Waals surface area (Å²) in [4.78, 5) is 2.41. The molecule has 1 aliphatic rings. The zero-order valence-electron chi connectivity index (χ0n) is 10.6. The average Bonchev–Trinajstić information content (AvgIpc) is 2.68. The highest BCUT2D eigenvalue weighted by Gasteiger charge is 2.23. The van der Waals surface area contributed by atoms with Crippen molar-refractivity contribution in [3.8, 4) is 0 Å². The van der Waals surface area contributed by atoms with Gasteiger partial charge in [-0.15, -0.1) is 0 Å². The highest BCUT2D eigenvalue weighted by atomic mass is 79.9. The van der Waals surface area contributed by atoms with E-state index in [0.717, 1.165) is 23.5 Å². The molecule has 2 atom stereocenters. The number of hydrogen-bond donors (Lipinski definition) is 1. The lowest BCUT2D eigenvalue weighted by atomic mass is 10.0. The molecule has 1 fully saturated rings. The molecule has 0 aromatic heterocycles. The molecule has 3 heteroatoms. The van der Waals surface area contributed by atoms with Crippen LogP contribution >= 0.6 is 15.9 Å². The Hall–Kier alpha value is -0.380. The summed E-state index contributed by atoms with van der Waals surface area (Å²) in [6.45, 7) is 5.69. The molecule has 1 aromatic rings. The van der Waals surface area contributed by atoms with E-state index in [9.17, 15) is 0 Å². The second-order valence-corrected chi connectivity index (χ2v) is 6.07. The summed E-state index contributed by atoms with van der Waals surface area (Å²) < 4.78 is 1.15. The van der Waals surface area contributed by atoms with Crippen molar-refractivity contribution in [2.24, 2.45) is 5.92 Å². The van der Waals surface area contributed by atoms with Crippen molar-refractivity contribution in [2.75, 3.05) is 20.1 Å². The van der Waals surface area contributed by atoms with Crippen LogP contribution in [0.2, 0.25) is 0 Å². The van der Waals surface area contributed by atoms with Gasteiger partial charge in [-0.25, -0.2) is 0 Å². The molecule has 1 aromatic carbocycles. The van der Waals surface area contributed by atoms with Crippen LogP contribution in [0.4, 0.5) is 0 Å². The van der Waals surface area contributed by atoms with Gasteiger partial charge < -0.3 is 10.2 Å². The first-order valence-electron chi connectivity index (χ1n) is 6.31. The molecular formula is C14H21BrN2. The van der Waals surface area contributed by atoms with E-state index in [2.05, 4.69) is 64.4 Å². The Bertz CT molecular complexity index is 350. The Morgan fingerprint density at radius 1 is 1.35 bits per heavy atom. The third kappa shape index (κ3) is 3.80. The van der Waals surface area contributed by atoms with Crippen molar-refractivity contribution in [1.82, 2.24) is 10.2 Å². The first-order valence-corrected chi connectivity index (χ1v) is 7.11. The fourth-order valence-corrected chi connectivity index (χ4v) is 2.71. The summed E-state index contributed by atoms with van der Waals surface area (Å²) in [6, 6.07) is 9.26. The Morgan fingerprint density at radius 2 is 2.06 bits per heavy atom. The van der Waals surface area contributed by atoms with Gasteiger partial charge in [0.25, 0.3) is 0 Å². The summed E-state index contributed by atoms with van der Waals surface area (Å²) in [5, 5.41) is 3.58. The van der Waals surface area contributed by atoms with E-state index in [1.807, 2.05) is 0 Å². The van der Waals surface area contributed by atoms with Gasteiger partial charge in [0, 0.05) is 23.6 Å². The van der Waals surface area contributed by atoms with Crippen molar-refractivity contribution in [1.29, 1.82) is 0 Å². The third-order valence-corrected chi connectivity index (χ3v) is 4.10. The van der Waals surface area contributed by atoms with E-state index in [-0.39, 0.29) is 0 Å². The SMILES string of the molecule is CC1CCNC1CN(C)Cc1ccc(Br)cc1. The number of halogens is 1. The van der Waals surface area contributed by atoms with Crippen LogP contribution in [0.3, 0.4) is 0 Å². The lowest BCUT2D eigenvalue weighted by Crippen LogP contribution is -2.37. The van der Waals surface area contributed by atoms with Gasteiger partial charge in [0.1, 0.15) is 0 Å². The molecule has 0 radical (unpaired) electrons. The first-order chi connectivity index (χ1) is 8.15. The first kappa shape index (κ1) is 13.1. The third-order valence-electron chi connectivity index (χ3n) is 3.57. The molecule has 2 unspecified atom stereocenters. The van der Waals surface area contributed by atoms with Gasteiger partial charge in [0.15, 0.2) is 0 Å². The van der Waals surface area contributed by atoms with Gasteiger partial charge in [0.2, 0.25) is 0 Å². The van der Waals surface area contributed by atoms with Crippen LogP contribution in [0.25, 0.3) is 0 Å². The van der Waals surface area contributed by atoms with Crippen LogP contribution in [0.15, 0.2) is 28.7 Å². The highest BCUT2D eigenvalue weighted by Crippen LogP contribution is 2.16. The molecule has 1 saturated heterocycles. The van der Waals surface area contributed by atoms with E-state index >= 15 is 0 Å². The van der Waals surface area contributed by atoms with Crippen molar-refractivity contribution in [3.05, 3.63) is 34.3 Å². The van der Waals surface area contributed by atoms with E-state index < -0.39 is 0 Å². The molecule has 0 spiro atoms. The molecule has 2 rings (SSSR count). The number of hydrogen-bond acceptors (Lipinski definition) is 2. The maximum absolute atomic E-state index is 3.58. The zero-order chi connectivity index (χ0) is 12.3. The fourth-order valence-electron chi connectivity index (χ4n) is 2.45. The summed E-state index contributed by atoms with van der Waals surface area (Å²) >= 11 is 3.47. The molecule has 17 heavy (non-hydrogen) atoms. The minimum atomic E-state index is 0.662. The summed E-state index contributed by atoms with van der Waals surface area (Å²) in [5.41, 5.74) is 1.38. The smallest absolute Gasteiger partial charge is 0.0231 e. The number of likely N-dealkylation sites (N-methyl/N-ethyl adjacent to an activating group) is 1. The monoisotopic (exact) mass is 296 g/mol. The minimum absolute atomic E-state index is 0.662. The highest BCUT2D eigenvalue weighted by molar-refractivity contribution is 9.10. The van der Waals surface area contributed by atoms with Gasteiger partial charge in [-0.2, -0.15) is 0 Å². The summed E-state index contributed by atoms with van der Waals surface area (Å²) in [6.07, 6.45) is 1.32. The second kappa shape index (κ2) is 5.98. The van der Waals surface area contributed by atoms with Crippen LogP contribution < -0.4 is 5.32 Å². The van der Waals surface area contributed by atoms with Gasteiger partial charge >= 0.3 is 0 Å². The van der Waals surface area contributed by atoms with E-state index in [1.165, 1.54) is 18.5 Å². The van der Waals surface area contributed by atoms with Crippen LogP contribution in [-0.2, 0) is 6.54 Å². The Morgan fingerprint density at radius 3 is 2.65 bits per heavy atom. The van der Waals surface area contributed by atoms with Crippen molar-refractivity contribution in [3.63, 3.8) is 0 Å². The van der Waals surface area contributed by atoms with Gasteiger partial charge in [-0.3, -0.25) is 0 Å². The standard InChI is InChI=1S/C14H21BrN2/c1-11-7-8-16-14(11)10-17(2)9-12-3-5-13(15)6-4-12/h3-6,11,14,16H,7-10H2,1-2H3. The van der Waals surface area contributed by atoms with E-state index in [4.69, 9.17) is 0 Å². The Balaban J connectivity index is 1.84. The normalized spacial score (nSPS) is 24.5. The lowest BCUT2D eigenvalue weighted by molar-refractivity contribution is 0.271. The number of nitrogens with zero attached hydrogens (tertiary/aromatic N) is 1. The molecule has 0 aliphatic carbocycles. The van der Waals surface area contributed by atoms with Gasteiger partial charge in [-0.1, -0.05) is 35.0 Å². The molecule has 2 nitrogen and oxygen atoms in total. The summed E-state index contributed by atoms with van der Waals surface area (Å²) in [7, 11) is 2.20. The van der Waals surface area contributed by atoms with Gasteiger partial charge in [0.05, 0.1) is 0 Å². The number of nitrogens with one attached hydrogen (secondary N) is 1. The number of rotatable bonds is 4. The molecule has 1 aliphatic heterocycles. The largest absolute Gasteiger partial charge is 0.312 e. The lowest BCUT2D eigenvalue weighted by Gasteiger charge is -2.23. The Labute approximate surface area is 113 Å². The van der Waals surface area contributed by atoms with Crippen LogP contribution in [0, 0.1) is 5.92 Å². The van der Waals surface area contributed by atoms with Crippen molar-refractivity contribution in [2.45, 2.75) is 25.9 Å². The fraction of sp³-hybridized carbons (Fsp3) is 0.571. The molecule has 0 saturated carbocycles.